The van der Waals surface area contributed by atoms with Crippen LogP contribution in [-0.2, 0) is 24.0 Å². The summed E-state index contributed by atoms with van der Waals surface area (Å²) in [5.41, 5.74) is 2.16. The molecule has 0 rings (SSSR count). The zero-order chi connectivity index (χ0) is 15.0. The summed E-state index contributed by atoms with van der Waals surface area (Å²) in [6, 6.07) is 0. The first-order chi connectivity index (χ1) is 8.70. The van der Waals surface area contributed by atoms with Gasteiger partial charge in [-0.25, -0.2) is 5.01 Å². The molecule has 0 radical (unpaired) electrons. The molecule has 0 bridgehead atoms. The monoisotopic (exact) mass is 274 g/mol. The molecule has 19 heavy (non-hydrogen) atoms. The van der Waals surface area contributed by atoms with Crippen molar-refractivity contribution in [2.75, 3.05) is 13.1 Å². The maximum atomic E-state index is 11.2. The van der Waals surface area contributed by atoms with E-state index in [4.69, 9.17) is 10.2 Å². The van der Waals surface area contributed by atoms with Gasteiger partial charge in [0.1, 0.15) is 12.8 Å². The third kappa shape index (κ3) is 9.41. The number of carbonyl (C=O) groups is 5. The van der Waals surface area contributed by atoms with Crippen LogP contribution in [0, 0.1) is 0 Å². The molecule has 0 spiro atoms. The Hall–Kier alpha value is -2.29. The zero-order valence-corrected chi connectivity index (χ0v) is 10.2. The van der Waals surface area contributed by atoms with Crippen molar-refractivity contribution in [3.05, 3.63) is 0 Å². The van der Waals surface area contributed by atoms with Crippen molar-refractivity contribution in [3.8, 4) is 0 Å². The molecule has 0 aromatic heterocycles. The van der Waals surface area contributed by atoms with Gasteiger partial charge in [-0.15, -0.1) is 0 Å². The number of nitrogens with one attached hydrogen (secondary N) is 1. The second-order valence-corrected chi connectivity index (χ2v) is 3.74. The van der Waals surface area contributed by atoms with Gasteiger partial charge in [-0.05, 0) is 0 Å². The first-order valence-electron chi connectivity index (χ1n) is 5.20. The van der Waals surface area contributed by atoms with E-state index < -0.39 is 55.3 Å². The minimum absolute atomic E-state index is 0.489. The number of carbonyl (C=O) groups excluding carboxylic acids is 3. The van der Waals surface area contributed by atoms with Crippen LogP contribution >= 0.6 is 0 Å². The predicted molar refractivity (Wildman–Crippen MR) is 59.9 cm³/mol. The van der Waals surface area contributed by atoms with Gasteiger partial charge >= 0.3 is 11.9 Å². The maximum absolute atomic E-state index is 11.2. The molecule has 0 fully saturated rings. The Labute approximate surface area is 108 Å². The lowest BCUT2D eigenvalue weighted by molar-refractivity contribution is -0.141. The summed E-state index contributed by atoms with van der Waals surface area (Å²) in [5, 5.41) is 17.7. The largest absolute Gasteiger partial charge is 0.481 e. The van der Waals surface area contributed by atoms with Crippen LogP contribution in [0.2, 0.25) is 0 Å². The third-order valence-corrected chi connectivity index (χ3v) is 1.75. The molecule has 0 saturated carbocycles. The summed E-state index contributed by atoms with van der Waals surface area (Å²) in [7, 11) is 0. The van der Waals surface area contributed by atoms with Crippen molar-refractivity contribution >= 4 is 29.4 Å². The second kappa shape index (κ2) is 7.93. The highest BCUT2D eigenvalue weighted by Gasteiger charge is 2.18. The van der Waals surface area contributed by atoms with E-state index in [2.05, 4.69) is 5.43 Å². The number of amides is 1. The summed E-state index contributed by atoms with van der Waals surface area (Å²) < 4.78 is 0. The van der Waals surface area contributed by atoms with Gasteiger partial charge in [-0.2, -0.15) is 0 Å². The number of rotatable bonds is 9. The number of hydrogen-bond acceptors (Lipinski definition) is 6. The molecular formula is C10H14N2O7. The molecule has 0 aliphatic heterocycles. The lowest BCUT2D eigenvalue weighted by Crippen LogP contribution is -2.47. The first-order valence-corrected chi connectivity index (χ1v) is 5.20. The lowest BCUT2D eigenvalue weighted by Gasteiger charge is -2.20. The molecule has 0 aromatic rings. The summed E-state index contributed by atoms with van der Waals surface area (Å²) in [6.07, 6.45) is -1.49. The Morgan fingerprint density at radius 3 is 1.53 bits per heavy atom. The standard InChI is InChI=1S/C10H14N2O7/c1-6(13)11-12(4-7(14)2-9(16)17)5-8(15)3-10(18)19/h2-5H2,1H3,(H,11,13)(H,16,17)(H,18,19). The van der Waals surface area contributed by atoms with Crippen molar-refractivity contribution in [2.45, 2.75) is 19.8 Å². The average molecular weight is 274 g/mol. The van der Waals surface area contributed by atoms with Gasteiger partial charge in [0, 0.05) is 6.92 Å². The van der Waals surface area contributed by atoms with Gasteiger partial charge in [0.2, 0.25) is 5.91 Å². The van der Waals surface area contributed by atoms with Crippen molar-refractivity contribution in [1.82, 2.24) is 10.4 Å². The Bertz CT molecular complexity index is 375. The quantitative estimate of drug-likeness (QED) is 0.338. The number of aliphatic carboxylic acids is 2. The summed E-state index contributed by atoms with van der Waals surface area (Å²) in [4.78, 5) is 54.0. The molecule has 9 heteroatoms. The minimum Gasteiger partial charge on any atom is -0.481 e. The summed E-state index contributed by atoms with van der Waals surface area (Å²) in [5.74, 6) is -4.66. The van der Waals surface area contributed by atoms with E-state index in [-0.39, 0.29) is 0 Å². The molecule has 106 valence electrons. The summed E-state index contributed by atoms with van der Waals surface area (Å²) >= 11 is 0. The highest BCUT2D eigenvalue weighted by atomic mass is 16.4. The Morgan fingerprint density at radius 1 is 0.895 bits per heavy atom. The topological polar surface area (TPSA) is 141 Å². The van der Waals surface area contributed by atoms with E-state index in [0.29, 0.717) is 0 Å². The fraction of sp³-hybridized carbons (Fsp3) is 0.500. The molecule has 0 heterocycles. The molecule has 0 aliphatic carbocycles. The molecule has 0 saturated heterocycles. The highest BCUT2D eigenvalue weighted by molar-refractivity contribution is 5.97. The van der Waals surface area contributed by atoms with E-state index in [1.807, 2.05) is 0 Å². The van der Waals surface area contributed by atoms with Crippen molar-refractivity contribution in [3.63, 3.8) is 0 Å². The number of ketones is 2. The third-order valence-electron chi connectivity index (χ3n) is 1.75. The number of hydrogen-bond donors (Lipinski definition) is 3. The van der Waals surface area contributed by atoms with Crippen LogP contribution in [0.4, 0.5) is 0 Å². The maximum Gasteiger partial charge on any atom is 0.310 e. The van der Waals surface area contributed by atoms with Crippen molar-refractivity contribution < 1.29 is 34.2 Å². The van der Waals surface area contributed by atoms with Crippen LogP contribution in [0.1, 0.15) is 19.8 Å². The predicted octanol–water partition coefficient (Wildman–Crippen LogP) is -1.57. The molecule has 0 unspecified atom stereocenters. The Balaban J connectivity index is 4.49. The summed E-state index contributed by atoms with van der Waals surface area (Å²) in [6.45, 7) is 0.158. The zero-order valence-electron chi connectivity index (χ0n) is 10.2. The van der Waals surface area contributed by atoms with Crippen LogP contribution in [-0.4, -0.2) is 57.7 Å². The van der Waals surface area contributed by atoms with Gasteiger partial charge in [-0.3, -0.25) is 29.4 Å². The molecule has 1 amide bonds. The molecule has 0 aliphatic rings. The minimum atomic E-state index is -1.33. The Morgan fingerprint density at radius 2 is 1.26 bits per heavy atom. The fourth-order valence-electron chi connectivity index (χ4n) is 1.23. The average Bonchev–Trinajstić information content (AvgIpc) is 2.11. The number of hydrazine groups is 1. The van der Waals surface area contributed by atoms with Crippen LogP contribution in [0.5, 0.6) is 0 Å². The molecule has 9 nitrogen and oxygen atoms in total. The van der Waals surface area contributed by atoms with Gasteiger partial charge in [0.25, 0.3) is 0 Å². The number of carboxylic acid groups (broad SMARTS) is 2. The fourth-order valence-corrected chi connectivity index (χ4v) is 1.23. The molecule has 0 atom stereocenters. The van der Waals surface area contributed by atoms with Crippen molar-refractivity contribution in [2.24, 2.45) is 0 Å². The van der Waals surface area contributed by atoms with E-state index in [1.54, 1.807) is 0 Å². The number of Topliss-reactive ketones (excluding diaryl/α,β-unsaturated/α-hetero) is 2. The van der Waals surface area contributed by atoms with Gasteiger partial charge in [-0.1, -0.05) is 0 Å². The Kier molecular flexibility index (Phi) is 6.97. The van der Waals surface area contributed by atoms with E-state index in [1.165, 1.54) is 0 Å². The van der Waals surface area contributed by atoms with Crippen LogP contribution < -0.4 is 5.43 Å². The van der Waals surface area contributed by atoms with E-state index in [9.17, 15) is 24.0 Å². The van der Waals surface area contributed by atoms with Gasteiger partial charge < -0.3 is 10.2 Å². The number of carboxylic acids is 2. The van der Waals surface area contributed by atoms with E-state index >= 15 is 0 Å². The molecular weight excluding hydrogens is 260 g/mol. The lowest BCUT2D eigenvalue weighted by atomic mass is 10.2. The van der Waals surface area contributed by atoms with Gasteiger partial charge in [0.05, 0.1) is 13.1 Å². The molecule has 3 N–H and O–H groups in total. The van der Waals surface area contributed by atoms with Crippen LogP contribution in [0.3, 0.4) is 0 Å². The molecule has 0 aromatic carbocycles. The highest BCUT2D eigenvalue weighted by Crippen LogP contribution is 1.93. The SMILES string of the molecule is CC(=O)NN(CC(=O)CC(=O)O)CC(=O)CC(=O)O. The van der Waals surface area contributed by atoms with E-state index in [0.717, 1.165) is 11.9 Å². The van der Waals surface area contributed by atoms with Crippen LogP contribution in [0.25, 0.3) is 0 Å². The normalized spacial score (nSPS) is 10.0. The van der Waals surface area contributed by atoms with Gasteiger partial charge in [0.15, 0.2) is 11.6 Å². The second-order valence-electron chi connectivity index (χ2n) is 3.74. The smallest absolute Gasteiger partial charge is 0.310 e. The number of nitrogens with zero attached hydrogens (tertiary/aromatic N) is 1. The van der Waals surface area contributed by atoms with Crippen molar-refractivity contribution in [1.29, 1.82) is 0 Å². The van der Waals surface area contributed by atoms with Crippen LogP contribution in [0.15, 0.2) is 0 Å². The first kappa shape index (κ1) is 16.7.